The number of hydrogen-bond acceptors (Lipinski definition) is 5. The van der Waals surface area contributed by atoms with Crippen molar-refractivity contribution in [3.05, 3.63) is 11.9 Å². The summed E-state index contributed by atoms with van der Waals surface area (Å²) in [6.45, 7) is 7.83. The highest BCUT2D eigenvalue weighted by molar-refractivity contribution is 5.49. The highest BCUT2D eigenvalue weighted by atomic mass is 16.5. The molecule has 102 valence electrons. The maximum Gasteiger partial charge on any atom is 0.134 e. The van der Waals surface area contributed by atoms with E-state index in [4.69, 9.17) is 4.74 Å². The molecule has 5 nitrogen and oxygen atoms in total. The molecule has 18 heavy (non-hydrogen) atoms. The standard InChI is InChI=1S/C13H24N4O/c1-6-10(2)17(7-8-18-5)13-9-12(14-4)15-11(3)16-13/h9-10H,6-8H2,1-5H3,(H,14,15,16). The summed E-state index contributed by atoms with van der Waals surface area (Å²) < 4.78 is 5.17. The predicted molar refractivity (Wildman–Crippen MR) is 75.3 cm³/mol. The molecule has 1 N–H and O–H groups in total. The number of anilines is 2. The van der Waals surface area contributed by atoms with Crippen LogP contribution in [0.25, 0.3) is 0 Å². The molecule has 0 saturated heterocycles. The lowest BCUT2D eigenvalue weighted by Crippen LogP contribution is -2.36. The van der Waals surface area contributed by atoms with Crippen LogP contribution in [0.1, 0.15) is 26.1 Å². The molecule has 0 amide bonds. The van der Waals surface area contributed by atoms with Crippen molar-refractivity contribution < 1.29 is 4.74 Å². The zero-order valence-corrected chi connectivity index (χ0v) is 12.0. The Balaban J connectivity index is 2.99. The number of nitrogens with zero attached hydrogens (tertiary/aromatic N) is 3. The number of aryl methyl sites for hydroxylation is 1. The van der Waals surface area contributed by atoms with Gasteiger partial charge in [0.25, 0.3) is 0 Å². The molecule has 0 saturated carbocycles. The molecule has 1 rings (SSSR count). The fourth-order valence-electron chi connectivity index (χ4n) is 1.80. The van der Waals surface area contributed by atoms with Crippen LogP contribution in [0.3, 0.4) is 0 Å². The van der Waals surface area contributed by atoms with E-state index in [1.165, 1.54) is 0 Å². The Hall–Kier alpha value is -1.36. The maximum absolute atomic E-state index is 5.17. The van der Waals surface area contributed by atoms with Crippen LogP contribution in [0.5, 0.6) is 0 Å². The van der Waals surface area contributed by atoms with Gasteiger partial charge in [0.1, 0.15) is 17.5 Å². The Kier molecular flexibility index (Phi) is 5.85. The third-order valence-electron chi connectivity index (χ3n) is 3.03. The topological polar surface area (TPSA) is 50.3 Å². The Morgan fingerprint density at radius 2 is 2.17 bits per heavy atom. The third kappa shape index (κ3) is 3.84. The van der Waals surface area contributed by atoms with Crippen LogP contribution in [0.4, 0.5) is 11.6 Å². The highest BCUT2D eigenvalue weighted by Crippen LogP contribution is 2.19. The van der Waals surface area contributed by atoms with Crippen LogP contribution < -0.4 is 10.2 Å². The van der Waals surface area contributed by atoms with Gasteiger partial charge in [-0.1, -0.05) is 6.92 Å². The van der Waals surface area contributed by atoms with Crippen molar-refractivity contribution in [1.82, 2.24) is 9.97 Å². The van der Waals surface area contributed by atoms with Crippen LogP contribution in [-0.2, 0) is 4.74 Å². The lowest BCUT2D eigenvalue weighted by molar-refractivity contribution is 0.203. The number of methoxy groups -OCH3 is 1. The SMILES string of the molecule is CCC(C)N(CCOC)c1cc(NC)nc(C)n1. The van der Waals surface area contributed by atoms with Gasteiger partial charge in [0, 0.05) is 32.8 Å². The molecule has 0 spiro atoms. The van der Waals surface area contributed by atoms with Crippen LogP contribution in [0.15, 0.2) is 6.07 Å². The first-order chi connectivity index (χ1) is 8.62. The van der Waals surface area contributed by atoms with Crippen molar-refractivity contribution in [3.8, 4) is 0 Å². The minimum atomic E-state index is 0.430. The predicted octanol–water partition coefficient (Wildman–Crippen LogP) is 2.08. The lowest BCUT2D eigenvalue weighted by atomic mass is 10.2. The van der Waals surface area contributed by atoms with E-state index < -0.39 is 0 Å². The molecule has 0 aliphatic carbocycles. The van der Waals surface area contributed by atoms with E-state index in [1.807, 2.05) is 20.0 Å². The molecule has 1 unspecified atom stereocenters. The second kappa shape index (κ2) is 7.16. The zero-order valence-electron chi connectivity index (χ0n) is 12.0. The van der Waals surface area contributed by atoms with E-state index in [9.17, 15) is 0 Å². The minimum absolute atomic E-state index is 0.430. The largest absolute Gasteiger partial charge is 0.383 e. The second-order valence-corrected chi connectivity index (χ2v) is 4.35. The van der Waals surface area contributed by atoms with Crippen molar-refractivity contribution in [2.24, 2.45) is 0 Å². The number of rotatable bonds is 7. The van der Waals surface area contributed by atoms with Gasteiger partial charge in [-0.2, -0.15) is 0 Å². The monoisotopic (exact) mass is 252 g/mol. The van der Waals surface area contributed by atoms with E-state index in [2.05, 4.69) is 34.0 Å². The molecule has 0 aliphatic heterocycles. The number of hydrogen-bond donors (Lipinski definition) is 1. The fourth-order valence-corrected chi connectivity index (χ4v) is 1.80. The molecule has 0 radical (unpaired) electrons. The Morgan fingerprint density at radius 3 is 2.72 bits per heavy atom. The summed E-state index contributed by atoms with van der Waals surface area (Å²) in [6, 6.07) is 2.41. The lowest BCUT2D eigenvalue weighted by Gasteiger charge is -2.29. The van der Waals surface area contributed by atoms with E-state index >= 15 is 0 Å². The molecule has 1 atom stereocenters. The van der Waals surface area contributed by atoms with Gasteiger partial charge < -0.3 is 15.0 Å². The van der Waals surface area contributed by atoms with Gasteiger partial charge in [-0.05, 0) is 20.3 Å². The average Bonchev–Trinajstić information content (AvgIpc) is 2.38. The Morgan fingerprint density at radius 1 is 1.44 bits per heavy atom. The second-order valence-electron chi connectivity index (χ2n) is 4.35. The van der Waals surface area contributed by atoms with Crippen molar-refractivity contribution in [2.75, 3.05) is 37.5 Å². The molecule has 0 fully saturated rings. The summed E-state index contributed by atoms with van der Waals surface area (Å²) in [7, 11) is 3.59. The molecule has 1 aromatic heterocycles. The van der Waals surface area contributed by atoms with E-state index in [-0.39, 0.29) is 0 Å². The van der Waals surface area contributed by atoms with Crippen molar-refractivity contribution >= 4 is 11.6 Å². The first-order valence-corrected chi connectivity index (χ1v) is 6.41. The molecular formula is C13H24N4O. The van der Waals surface area contributed by atoms with Crippen LogP contribution in [0, 0.1) is 6.92 Å². The van der Waals surface area contributed by atoms with Gasteiger partial charge >= 0.3 is 0 Å². The molecule has 1 aromatic rings. The Labute approximate surface area is 110 Å². The first kappa shape index (κ1) is 14.7. The molecule has 0 aromatic carbocycles. The summed E-state index contributed by atoms with van der Waals surface area (Å²) in [4.78, 5) is 11.1. The van der Waals surface area contributed by atoms with E-state index in [1.54, 1.807) is 7.11 Å². The third-order valence-corrected chi connectivity index (χ3v) is 3.03. The first-order valence-electron chi connectivity index (χ1n) is 6.41. The number of ether oxygens (including phenoxy) is 1. The molecule has 5 heteroatoms. The smallest absolute Gasteiger partial charge is 0.134 e. The summed E-state index contributed by atoms with van der Waals surface area (Å²) in [5.41, 5.74) is 0. The molecule has 0 aliphatic rings. The van der Waals surface area contributed by atoms with E-state index in [0.717, 1.165) is 30.4 Å². The quantitative estimate of drug-likeness (QED) is 0.805. The van der Waals surface area contributed by atoms with Crippen LogP contribution in [0.2, 0.25) is 0 Å². The highest BCUT2D eigenvalue weighted by Gasteiger charge is 2.15. The maximum atomic E-state index is 5.17. The van der Waals surface area contributed by atoms with Gasteiger partial charge in [0.05, 0.1) is 6.61 Å². The van der Waals surface area contributed by atoms with Crippen molar-refractivity contribution in [1.29, 1.82) is 0 Å². The summed E-state index contributed by atoms with van der Waals surface area (Å²) in [5.74, 6) is 2.59. The zero-order chi connectivity index (χ0) is 13.5. The number of nitrogens with one attached hydrogen (secondary N) is 1. The van der Waals surface area contributed by atoms with Gasteiger partial charge in [-0.15, -0.1) is 0 Å². The minimum Gasteiger partial charge on any atom is -0.383 e. The summed E-state index contributed by atoms with van der Waals surface area (Å²) in [6.07, 6.45) is 1.07. The Bertz CT molecular complexity index is 370. The fraction of sp³-hybridized carbons (Fsp3) is 0.692. The van der Waals surface area contributed by atoms with Crippen molar-refractivity contribution in [3.63, 3.8) is 0 Å². The van der Waals surface area contributed by atoms with Crippen molar-refractivity contribution in [2.45, 2.75) is 33.2 Å². The van der Waals surface area contributed by atoms with Gasteiger partial charge in [0.15, 0.2) is 0 Å². The average molecular weight is 252 g/mol. The van der Waals surface area contributed by atoms with Crippen LogP contribution in [-0.4, -0.2) is 43.3 Å². The molecule has 1 heterocycles. The van der Waals surface area contributed by atoms with Gasteiger partial charge in [0.2, 0.25) is 0 Å². The summed E-state index contributed by atoms with van der Waals surface area (Å²) >= 11 is 0. The summed E-state index contributed by atoms with van der Waals surface area (Å²) in [5, 5.41) is 3.07. The van der Waals surface area contributed by atoms with Gasteiger partial charge in [-0.25, -0.2) is 9.97 Å². The van der Waals surface area contributed by atoms with Crippen LogP contribution >= 0.6 is 0 Å². The van der Waals surface area contributed by atoms with Gasteiger partial charge in [-0.3, -0.25) is 0 Å². The molecular weight excluding hydrogens is 228 g/mol. The molecule has 0 bridgehead atoms. The number of aromatic nitrogens is 2. The van der Waals surface area contributed by atoms with E-state index in [0.29, 0.717) is 12.6 Å². The normalized spacial score (nSPS) is 12.3.